The number of nitrogens with one attached hydrogen (secondary N) is 2. The van der Waals surface area contributed by atoms with Crippen LogP contribution in [0.5, 0.6) is 0 Å². The van der Waals surface area contributed by atoms with Crippen molar-refractivity contribution >= 4 is 17.5 Å². The molecule has 0 aliphatic carbocycles. The molecule has 2 aromatic carbocycles. The summed E-state index contributed by atoms with van der Waals surface area (Å²) < 4.78 is 0. The molecule has 2 aliphatic heterocycles. The topological polar surface area (TPSA) is 61.4 Å². The Kier molecular flexibility index (Phi) is 4.94. The Balaban J connectivity index is 1.38. The molecule has 2 aliphatic rings. The van der Waals surface area contributed by atoms with E-state index >= 15 is 0 Å². The molecule has 27 heavy (non-hydrogen) atoms. The van der Waals surface area contributed by atoms with Gasteiger partial charge in [-0.05, 0) is 36.1 Å². The van der Waals surface area contributed by atoms with Crippen LogP contribution in [0.4, 0.5) is 5.69 Å². The van der Waals surface area contributed by atoms with Crippen LogP contribution in [0.2, 0.25) is 0 Å². The Bertz CT molecular complexity index is 864. The van der Waals surface area contributed by atoms with Gasteiger partial charge in [-0.1, -0.05) is 42.5 Å². The van der Waals surface area contributed by atoms with Crippen molar-refractivity contribution in [1.29, 1.82) is 0 Å². The Morgan fingerprint density at radius 1 is 1.19 bits per heavy atom. The lowest BCUT2D eigenvalue weighted by Crippen LogP contribution is -2.45. The molecular weight excluding hydrogens is 338 g/mol. The minimum absolute atomic E-state index is 0.0680. The number of nitrogens with zero attached hydrogens (tertiary/aromatic N) is 1. The van der Waals surface area contributed by atoms with Crippen molar-refractivity contribution in [2.45, 2.75) is 38.3 Å². The van der Waals surface area contributed by atoms with Crippen molar-refractivity contribution in [3.8, 4) is 0 Å². The number of rotatable bonds is 4. The van der Waals surface area contributed by atoms with E-state index in [1.165, 1.54) is 11.1 Å². The summed E-state index contributed by atoms with van der Waals surface area (Å²) in [5.74, 6) is -0.583. The maximum absolute atomic E-state index is 12.8. The second-order valence-electron chi connectivity index (χ2n) is 7.48. The van der Waals surface area contributed by atoms with E-state index < -0.39 is 5.92 Å². The number of carbonyl (C=O) groups excluding carboxylic acids is 2. The lowest BCUT2D eigenvalue weighted by molar-refractivity contribution is -0.126. The van der Waals surface area contributed by atoms with Gasteiger partial charge < -0.3 is 10.6 Å². The number of benzene rings is 2. The lowest BCUT2D eigenvalue weighted by atomic mass is 9.90. The van der Waals surface area contributed by atoms with Gasteiger partial charge in [0.1, 0.15) is 0 Å². The maximum Gasteiger partial charge on any atom is 0.228 e. The van der Waals surface area contributed by atoms with Crippen LogP contribution in [-0.4, -0.2) is 35.8 Å². The number of carbonyl (C=O) groups is 2. The summed E-state index contributed by atoms with van der Waals surface area (Å²) in [6.07, 6.45) is 1.25. The summed E-state index contributed by atoms with van der Waals surface area (Å²) in [7, 11) is 0. The standard InChI is InChI=1S/C22H25N3O2/c1-15(25-11-10-16-6-2-3-7-17(16)14-25)13-23-22(27)19-12-21(26)24-20-9-5-4-8-18(19)20/h2-9,15,19H,10-14H2,1H3,(H,23,27)(H,24,26)/t15-,19-/m0/s1. The van der Waals surface area contributed by atoms with E-state index in [0.717, 1.165) is 30.8 Å². The minimum atomic E-state index is -0.413. The molecule has 0 fully saturated rings. The molecule has 0 unspecified atom stereocenters. The Morgan fingerprint density at radius 2 is 1.93 bits per heavy atom. The van der Waals surface area contributed by atoms with E-state index in [1.54, 1.807) is 0 Å². The van der Waals surface area contributed by atoms with Gasteiger partial charge in [-0.15, -0.1) is 0 Å². The molecule has 0 spiro atoms. The molecular formula is C22H25N3O2. The van der Waals surface area contributed by atoms with Gasteiger partial charge in [0, 0.05) is 37.8 Å². The van der Waals surface area contributed by atoms with E-state index in [0.29, 0.717) is 6.54 Å². The van der Waals surface area contributed by atoms with Gasteiger partial charge in [-0.3, -0.25) is 14.5 Å². The van der Waals surface area contributed by atoms with E-state index in [4.69, 9.17) is 0 Å². The van der Waals surface area contributed by atoms with Crippen molar-refractivity contribution in [3.05, 3.63) is 65.2 Å². The zero-order valence-electron chi connectivity index (χ0n) is 15.6. The van der Waals surface area contributed by atoms with Crippen molar-refractivity contribution < 1.29 is 9.59 Å². The predicted molar refractivity (Wildman–Crippen MR) is 105 cm³/mol. The van der Waals surface area contributed by atoms with Gasteiger partial charge >= 0.3 is 0 Å². The highest BCUT2D eigenvalue weighted by molar-refractivity contribution is 6.01. The second kappa shape index (κ2) is 7.53. The quantitative estimate of drug-likeness (QED) is 0.878. The normalized spacial score (nSPS) is 20.2. The fourth-order valence-electron chi connectivity index (χ4n) is 4.04. The molecule has 2 aromatic rings. The average Bonchev–Trinajstić information content (AvgIpc) is 2.70. The smallest absolute Gasteiger partial charge is 0.228 e. The molecule has 2 heterocycles. The van der Waals surface area contributed by atoms with Crippen molar-refractivity contribution in [1.82, 2.24) is 10.2 Å². The van der Waals surface area contributed by atoms with Crippen LogP contribution in [0.1, 0.15) is 36.0 Å². The van der Waals surface area contributed by atoms with Crippen LogP contribution in [0.25, 0.3) is 0 Å². The minimum Gasteiger partial charge on any atom is -0.354 e. The summed E-state index contributed by atoms with van der Waals surface area (Å²) in [6, 6.07) is 16.4. The zero-order valence-corrected chi connectivity index (χ0v) is 15.6. The van der Waals surface area contributed by atoms with Gasteiger partial charge in [0.25, 0.3) is 0 Å². The number of hydrogen-bond donors (Lipinski definition) is 2. The summed E-state index contributed by atoms with van der Waals surface area (Å²) >= 11 is 0. The fraction of sp³-hybridized carbons (Fsp3) is 0.364. The molecule has 0 aromatic heterocycles. The van der Waals surface area contributed by atoms with Gasteiger partial charge in [0.2, 0.25) is 11.8 Å². The van der Waals surface area contributed by atoms with E-state index in [9.17, 15) is 9.59 Å². The van der Waals surface area contributed by atoms with Crippen LogP contribution >= 0.6 is 0 Å². The molecule has 0 saturated heterocycles. The number of hydrogen-bond acceptors (Lipinski definition) is 3. The van der Waals surface area contributed by atoms with E-state index in [2.05, 4.69) is 46.7 Å². The third-order valence-electron chi connectivity index (χ3n) is 5.67. The second-order valence-corrected chi connectivity index (χ2v) is 7.48. The first-order valence-corrected chi connectivity index (χ1v) is 9.59. The largest absolute Gasteiger partial charge is 0.354 e. The number of anilines is 1. The first-order chi connectivity index (χ1) is 13.1. The van der Waals surface area contributed by atoms with Crippen molar-refractivity contribution in [2.75, 3.05) is 18.4 Å². The third-order valence-corrected chi connectivity index (χ3v) is 5.67. The monoisotopic (exact) mass is 363 g/mol. The van der Waals surface area contributed by atoms with Gasteiger partial charge in [0.05, 0.1) is 5.92 Å². The molecule has 0 radical (unpaired) electrons. The highest BCUT2D eigenvalue weighted by Crippen LogP contribution is 2.32. The molecule has 0 saturated carbocycles. The molecule has 140 valence electrons. The van der Waals surface area contributed by atoms with Crippen LogP contribution in [0.3, 0.4) is 0 Å². The van der Waals surface area contributed by atoms with Crippen molar-refractivity contribution in [3.63, 3.8) is 0 Å². The Labute approximate surface area is 159 Å². The van der Waals surface area contributed by atoms with Crippen LogP contribution in [-0.2, 0) is 22.6 Å². The van der Waals surface area contributed by atoms with Crippen molar-refractivity contribution in [2.24, 2.45) is 0 Å². The van der Waals surface area contributed by atoms with E-state index in [-0.39, 0.29) is 24.3 Å². The highest BCUT2D eigenvalue weighted by atomic mass is 16.2. The molecule has 2 N–H and O–H groups in total. The van der Waals surface area contributed by atoms with Crippen LogP contribution in [0, 0.1) is 0 Å². The fourth-order valence-corrected chi connectivity index (χ4v) is 4.04. The molecule has 5 heteroatoms. The molecule has 2 atom stereocenters. The number of fused-ring (bicyclic) bond motifs is 2. The van der Waals surface area contributed by atoms with Crippen LogP contribution in [0.15, 0.2) is 48.5 Å². The Morgan fingerprint density at radius 3 is 2.78 bits per heavy atom. The van der Waals surface area contributed by atoms with Gasteiger partial charge in [-0.25, -0.2) is 0 Å². The maximum atomic E-state index is 12.8. The van der Waals surface area contributed by atoms with Gasteiger partial charge in [0.15, 0.2) is 0 Å². The summed E-state index contributed by atoms with van der Waals surface area (Å²) in [6.45, 7) is 4.65. The van der Waals surface area contributed by atoms with E-state index in [1.807, 2.05) is 24.3 Å². The first-order valence-electron chi connectivity index (χ1n) is 9.59. The number of amides is 2. The Hall–Kier alpha value is -2.66. The average molecular weight is 363 g/mol. The third kappa shape index (κ3) is 3.74. The SMILES string of the molecule is C[C@@H](CNC(=O)[C@H]1CC(=O)Nc2ccccc21)N1CCc2ccccc2C1. The molecule has 2 amide bonds. The highest BCUT2D eigenvalue weighted by Gasteiger charge is 2.30. The summed E-state index contributed by atoms with van der Waals surface area (Å²) in [4.78, 5) is 27.1. The summed E-state index contributed by atoms with van der Waals surface area (Å²) in [5.41, 5.74) is 4.44. The summed E-state index contributed by atoms with van der Waals surface area (Å²) in [5, 5.41) is 5.92. The first kappa shape index (κ1) is 17.7. The van der Waals surface area contributed by atoms with Crippen LogP contribution < -0.4 is 10.6 Å². The number of para-hydroxylation sites is 1. The predicted octanol–water partition coefficient (Wildman–Crippen LogP) is 2.68. The van der Waals surface area contributed by atoms with Gasteiger partial charge in [-0.2, -0.15) is 0 Å². The zero-order chi connectivity index (χ0) is 18.8. The molecule has 0 bridgehead atoms. The molecule has 4 rings (SSSR count). The molecule has 5 nitrogen and oxygen atoms in total. The lowest BCUT2D eigenvalue weighted by Gasteiger charge is -2.34.